The van der Waals surface area contributed by atoms with Gasteiger partial charge in [0.25, 0.3) is 0 Å². The van der Waals surface area contributed by atoms with E-state index in [0.717, 1.165) is 45.2 Å². The summed E-state index contributed by atoms with van der Waals surface area (Å²) in [6, 6.07) is 1.62. The van der Waals surface area contributed by atoms with E-state index in [9.17, 15) is 9.59 Å². The van der Waals surface area contributed by atoms with Gasteiger partial charge in [-0.1, -0.05) is 6.92 Å². The zero-order valence-corrected chi connectivity index (χ0v) is 13.9. The van der Waals surface area contributed by atoms with Gasteiger partial charge in [0.05, 0.1) is 0 Å². The molecule has 2 aliphatic heterocycles. The lowest BCUT2D eigenvalue weighted by molar-refractivity contribution is -0.141. The van der Waals surface area contributed by atoms with Gasteiger partial charge in [-0.05, 0) is 38.2 Å². The SMILES string of the molecule is CCC(C(=O)N1CCC(C(=O)N2CCCC2)CC1)n1cccn1. The van der Waals surface area contributed by atoms with E-state index in [-0.39, 0.29) is 17.9 Å². The molecule has 0 aromatic carbocycles. The van der Waals surface area contributed by atoms with Gasteiger partial charge >= 0.3 is 0 Å². The second kappa shape index (κ2) is 7.15. The number of hydrogen-bond donors (Lipinski definition) is 0. The molecular formula is C17H26N4O2. The topological polar surface area (TPSA) is 58.4 Å². The smallest absolute Gasteiger partial charge is 0.247 e. The van der Waals surface area contributed by atoms with Crippen molar-refractivity contribution in [2.75, 3.05) is 26.2 Å². The van der Waals surface area contributed by atoms with Crippen LogP contribution in [-0.4, -0.2) is 57.6 Å². The first-order valence-corrected chi connectivity index (χ1v) is 8.77. The van der Waals surface area contributed by atoms with Crippen molar-refractivity contribution in [3.05, 3.63) is 18.5 Å². The molecule has 3 rings (SSSR count). The Balaban J connectivity index is 1.55. The van der Waals surface area contributed by atoms with Crippen LogP contribution in [0.3, 0.4) is 0 Å². The standard InChI is InChI=1S/C17H26N4O2/c1-2-15(21-11-5-8-18-21)17(23)20-12-6-14(7-13-20)16(22)19-9-3-4-10-19/h5,8,11,14-15H,2-4,6-7,9-10,12-13H2,1H3. The number of piperidine rings is 1. The number of nitrogens with zero attached hydrogens (tertiary/aromatic N) is 4. The lowest BCUT2D eigenvalue weighted by Crippen LogP contribution is -2.45. The highest BCUT2D eigenvalue weighted by molar-refractivity contribution is 5.82. The van der Waals surface area contributed by atoms with Crippen molar-refractivity contribution in [2.45, 2.75) is 45.1 Å². The van der Waals surface area contributed by atoms with Crippen LogP contribution in [0.5, 0.6) is 0 Å². The maximum Gasteiger partial charge on any atom is 0.247 e. The molecule has 1 aromatic heterocycles. The summed E-state index contributed by atoms with van der Waals surface area (Å²) < 4.78 is 1.74. The van der Waals surface area contributed by atoms with Crippen molar-refractivity contribution in [1.29, 1.82) is 0 Å². The van der Waals surface area contributed by atoms with Gasteiger partial charge in [-0.15, -0.1) is 0 Å². The summed E-state index contributed by atoms with van der Waals surface area (Å²) in [4.78, 5) is 29.1. The second-order valence-corrected chi connectivity index (χ2v) is 6.54. The number of carbonyl (C=O) groups is 2. The Hall–Kier alpha value is -1.85. The minimum Gasteiger partial charge on any atom is -0.342 e. The Morgan fingerprint density at radius 3 is 2.39 bits per heavy atom. The molecule has 0 saturated carbocycles. The van der Waals surface area contributed by atoms with Crippen molar-refractivity contribution >= 4 is 11.8 Å². The Morgan fingerprint density at radius 2 is 1.83 bits per heavy atom. The average Bonchev–Trinajstić information content (AvgIpc) is 3.29. The van der Waals surface area contributed by atoms with Crippen molar-refractivity contribution < 1.29 is 9.59 Å². The maximum absolute atomic E-state index is 12.7. The highest BCUT2D eigenvalue weighted by Gasteiger charge is 2.33. The summed E-state index contributed by atoms with van der Waals surface area (Å²) in [7, 11) is 0. The fourth-order valence-corrected chi connectivity index (χ4v) is 3.69. The van der Waals surface area contributed by atoms with Crippen LogP contribution in [0.15, 0.2) is 18.5 Å². The lowest BCUT2D eigenvalue weighted by atomic mass is 9.94. The average molecular weight is 318 g/mol. The Labute approximate surface area is 137 Å². The number of amides is 2. The van der Waals surface area contributed by atoms with Crippen LogP contribution in [-0.2, 0) is 9.59 Å². The summed E-state index contributed by atoms with van der Waals surface area (Å²) >= 11 is 0. The molecule has 1 aromatic rings. The summed E-state index contributed by atoms with van der Waals surface area (Å²) in [6.45, 7) is 5.19. The fraction of sp³-hybridized carbons (Fsp3) is 0.706. The van der Waals surface area contributed by atoms with E-state index in [2.05, 4.69) is 5.10 Å². The molecule has 23 heavy (non-hydrogen) atoms. The van der Waals surface area contributed by atoms with Gasteiger partial charge in [-0.3, -0.25) is 14.3 Å². The molecule has 0 bridgehead atoms. The first-order chi connectivity index (χ1) is 11.2. The summed E-state index contributed by atoms with van der Waals surface area (Å²) in [5.41, 5.74) is 0. The number of hydrogen-bond acceptors (Lipinski definition) is 3. The summed E-state index contributed by atoms with van der Waals surface area (Å²) in [6.07, 6.45) is 8.11. The summed E-state index contributed by atoms with van der Waals surface area (Å²) in [5.74, 6) is 0.527. The highest BCUT2D eigenvalue weighted by Crippen LogP contribution is 2.24. The Kier molecular flexibility index (Phi) is 4.98. The highest BCUT2D eigenvalue weighted by atomic mass is 16.2. The molecule has 1 unspecified atom stereocenters. The van der Waals surface area contributed by atoms with Gasteiger partial charge in [-0.2, -0.15) is 5.10 Å². The van der Waals surface area contributed by atoms with E-state index in [0.29, 0.717) is 19.0 Å². The van der Waals surface area contributed by atoms with Gasteiger partial charge in [0, 0.05) is 44.5 Å². The van der Waals surface area contributed by atoms with Crippen LogP contribution < -0.4 is 0 Å². The largest absolute Gasteiger partial charge is 0.342 e. The van der Waals surface area contributed by atoms with Crippen LogP contribution in [0.4, 0.5) is 0 Å². The van der Waals surface area contributed by atoms with Gasteiger partial charge in [0.15, 0.2) is 0 Å². The molecule has 6 nitrogen and oxygen atoms in total. The third-order valence-electron chi connectivity index (χ3n) is 5.09. The molecule has 3 heterocycles. The molecule has 2 saturated heterocycles. The minimum absolute atomic E-state index is 0.0990. The normalized spacial score (nSPS) is 20.7. The zero-order chi connectivity index (χ0) is 16.2. The predicted octanol–water partition coefficient (Wildman–Crippen LogP) is 1.70. The lowest BCUT2D eigenvalue weighted by Gasteiger charge is -2.34. The molecule has 1 atom stereocenters. The van der Waals surface area contributed by atoms with E-state index < -0.39 is 0 Å². The van der Waals surface area contributed by atoms with Crippen LogP contribution in [0.1, 0.15) is 45.1 Å². The van der Waals surface area contributed by atoms with Gasteiger partial charge in [-0.25, -0.2) is 0 Å². The molecule has 0 radical (unpaired) electrons. The van der Waals surface area contributed by atoms with Crippen molar-refractivity contribution in [3.8, 4) is 0 Å². The number of carbonyl (C=O) groups excluding carboxylic acids is 2. The first kappa shape index (κ1) is 16.0. The Bertz CT molecular complexity index is 529. The minimum atomic E-state index is -0.226. The fourth-order valence-electron chi connectivity index (χ4n) is 3.69. The van der Waals surface area contributed by atoms with E-state index in [1.807, 2.05) is 29.0 Å². The van der Waals surface area contributed by atoms with Crippen molar-refractivity contribution in [3.63, 3.8) is 0 Å². The van der Waals surface area contributed by atoms with E-state index >= 15 is 0 Å². The number of aromatic nitrogens is 2. The van der Waals surface area contributed by atoms with E-state index in [1.54, 1.807) is 10.9 Å². The van der Waals surface area contributed by atoms with Gasteiger partial charge in [0.1, 0.15) is 6.04 Å². The van der Waals surface area contributed by atoms with E-state index in [4.69, 9.17) is 0 Å². The zero-order valence-electron chi connectivity index (χ0n) is 13.9. The third kappa shape index (κ3) is 3.41. The first-order valence-electron chi connectivity index (χ1n) is 8.77. The van der Waals surface area contributed by atoms with Gasteiger partial charge in [0.2, 0.25) is 11.8 Å². The maximum atomic E-state index is 12.7. The van der Waals surface area contributed by atoms with Crippen molar-refractivity contribution in [2.24, 2.45) is 5.92 Å². The van der Waals surface area contributed by atoms with Crippen LogP contribution in [0.25, 0.3) is 0 Å². The van der Waals surface area contributed by atoms with Crippen LogP contribution in [0.2, 0.25) is 0 Å². The van der Waals surface area contributed by atoms with Crippen LogP contribution in [0, 0.1) is 5.92 Å². The molecule has 2 amide bonds. The Morgan fingerprint density at radius 1 is 1.13 bits per heavy atom. The van der Waals surface area contributed by atoms with E-state index in [1.165, 1.54) is 0 Å². The third-order valence-corrected chi connectivity index (χ3v) is 5.09. The molecule has 2 fully saturated rings. The van der Waals surface area contributed by atoms with Crippen molar-refractivity contribution in [1.82, 2.24) is 19.6 Å². The molecule has 126 valence electrons. The summed E-state index contributed by atoms with van der Waals surface area (Å²) in [5, 5.41) is 4.21. The van der Waals surface area contributed by atoms with Gasteiger partial charge < -0.3 is 9.80 Å². The molecule has 0 spiro atoms. The number of likely N-dealkylation sites (tertiary alicyclic amines) is 2. The number of rotatable bonds is 4. The molecule has 0 N–H and O–H groups in total. The monoisotopic (exact) mass is 318 g/mol. The molecule has 0 aliphatic carbocycles. The second-order valence-electron chi connectivity index (χ2n) is 6.54. The predicted molar refractivity (Wildman–Crippen MR) is 86.7 cm³/mol. The quantitative estimate of drug-likeness (QED) is 0.849. The molecule has 2 aliphatic rings. The molecular weight excluding hydrogens is 292 g/mol. The molecule has 6 heteroatoms. The van der Waals surface area contributed by atoms with Crippen LogP contribution >= 0.6 is 0 Å².